The Kier molecular flexibility index (Phi) is 9.65. The van der Waals surface area contributed by atoms with Crippen LogP contribution in [0.4, 0.5) is 34.1 Å². The van der Waals surface area contributed by atoms with Crippen molar-refractivity contribution in [3.8, 4) is 0 Å². The van der Waals surface area contributed by atoms with Crippen molar-refractivity contribution in [2.24, 2.45) is 17.8 Å². The van der Waals surface area contributed by atoms with E-state index in [2.05, 4.69) is 265 Å². The molecule has 0 amide bonds. The Bertz CT molecular complexity index is 4330. The maximum atomic E-state index is 15.2. The molecule has 2 aliphatic heterocycles. The lowest BCUT2D eigenvalue weighted by Crippen LogP contribution is -2.46. The van der Waals surface area contributed by atoms with Crippen molar-refractivity contribution in [2.75, 3.05) is 9.80 Å². The summed E-state index contributed by atoms with van der Waals surface area (Å²) in [4.78, 5) is 35.1. The molecular weight excluding hydrogens is 927 g/mol. The van der Waals surface area contributed by atoms with E-state index >= 15 is 9.59 Å². The first-order valence-corrected chi connectivity index (χ1v) is 26.5. The van der Waals surface area contributed by atoms with Gasteiger partial charge in [0.25, 0.3) is 0 Å². The summed E-state index contributed by atoms with van der Waals surface area (Å²) in [7, 11) is 0. The summed E-state index contributed by atoms with van der Waals surface area (Å²) in [5.74, 6) is 0.676. The minimum atomic E-state index is -0.623. The fourth-order valence-corrected chi connectivity index (χ4v) is 14.3. The molecule has 5 nitrogen and oxygen atoms in total. The third kappa shape index (κ3) is 5.85. The van der Waals surface area contributed by atoms with Gasteiger partial charge in [0.2, 0.25) is 0 Å². The van der Waals surface area contributed by atoms with Gasteiger partial charge in [-0.3, -0.25) is 9.59 Å². The van der Waals surface area contributed by atoms with Crippen LogP contribution in [0.2, 0.25) is 0 Å². The molecule has 4 aliphatic rings. The average Bonchev–Trinajstić information content (AvgIpc) is 4.07. The van der Waals surface area contributed by atoms with Crippen molar-refractivity contribution in [3.05, 3.63) is 314 Å². The van der Waals surface area contributed by atoms with Crippen molar-refractivity contribution in [2.45, 2.75) is 24.7 Å². The van der Waals surface area contributed by atoms with Crippen molar-refractivity contribution in [3.63, 3.8) is 0 Å². The van der Waals surface area contributed by atoms with Gasteiger partial charge in [0, 0.05) is 38.8 Å². The molecule has 2 aromatic heterocycles. The highest BCUT2D eigenvalue weighted by molar-refractivity contribution is 6.09. The zero-order chi connectivity index (χ0) is 50.9. The van der Waals surface area contributed by atoms with E-state index in [9.17, 15) is 0 Å². The minimum Gasteiger partial charge on any atom is -0.310 e. The van der Waals surface area contributed by atoms with Gasteiger partial charge < -0.3 is 14.2 Å². The number of anilines is 6. The van der Waals surface area contributed by atoms with Gasteiger partial charge in [0.05, 0.1) is 50.1 Å². The number of benzene rings is 9. The first kappa shape index (κ1) is 44.2. The van der Waals surface area contributed by atoms with E-state index in [1.165, 1.54) is 27.8 Å². The van der Waals surface area contributed by atoms with Crippen LogP contribution in [-0.4, -0.2) is 4.40 Å². The molecule has 3 atom stereocenters. The van der Waals surface area contributed by atoms with Crippen LogP contribution in [0.3, 0.4) is 0 Å². The monoisotopic (exact) mass is 977 g/mol. The summed E-state index contributed by atoms with van der Waals surface area (Å²) in [6.45, 7) is 4.66. The highest BCUT2D eigenvalue weighted by Gasteiger charge is 2.53. The maximum absolute atomic E-state index is 15.2. The summed E-state index contributed by atoms with van der Waals surface area (Å²) in [6, 6.07) is 75.0. The predicted molar refractivity (Wildman–Crippen MR) is 313 cm³/mol. The van der Waals surface area contributed by atoms with Crippen LogP contribution in [0.5, 0.6) is 0 Å². The smallest absolute Gasteiger partial charge is 0.197 e. The van der Waals surface area contributed by atoms with Gasteiger partial charge in [-0.25, -0.2) is 0 Å². The molecule has 11 aromatic rings. The van der Waals surface area contributed by atoms with Crippen molar-refractivity contribution in [1.29, 1.82) is 0 Å². The van der Waals surface area contributed by atoms with Gasteiger partial charge in [-0.1, -0.05) is 196 Å². The third-order valence-electron chi connectivity index (χ3n) is 17.4. The van der Waals surface area contributed by atoms with Gasteiger partial charge >= 0.3 is 0 Å². The largest absolute Gasteiger partial charge is 0.310 e. The number of pyridine rings is 2. The van der Waals surface area contributed by atoms with Crippen LogP contribution in [0.25, 0.3) is 38.1 Å². The molecule has 0 spiro atoms. The third-order valence-corrected chi connectivity index (χ3v) is 17.4. The molecule has 0 saturated heterocycles. The van der Waals surface area contributed by atoms with Gasteiger partial charge in [-0.15, -0.1) is 0 Å². The zero-order valence-electron chi connectivity index (χ0n) is 42.1. The highest BCUT2D eigenvalue weighted by atomic mass is 16.1. The standard InChI is InChI=1S/C71H51N3O2/c1-45-21-9-10-29-55(45)71(56-34-19-22-46(56)2)59-32-13-17-37-65(59)73(66-38-18-14-33-60(66)71)50-40-42-62-54(44-50)69(76)52-28-20-27-51-67(52)74(62)61-41-39-49(43-53(61)68(51)75)72-63-35-15-11-30-57(63)70(47-23-5-3-6-24-47,48-25-7-4-8-26-48)58-31-12-16-36-64(58)72/h3-46,55H,1-2H3/t45-,46?,55?/m0/s1. The summed E-state index contributed by atoms with van der Waals surface area (Å²) in [5.41, 5.74) is 15.4. The van der Waals surface area contributed by atoms with E-state index in [4.69, 9.17) is 0 Å². The predicted octanol–water partition coefficient (Wildman–Crippen LogP) is 16.3. The van der Waals surface area contributed by atoms with E-state index in [1.54, 1.807) is 0 Å². The van der Waals surface area contributed by atoms with Crippen LogP contribution < -0.4 is 20.7 Å². The molecule has 0 fully saturated rings. The van der Waals surface area contributed by atoms with Crippen LogP contribution in [-0.2, 0) is 10.8 Å². The van der Waals surface area contributed by atoms with Gasteiger partial charge in [-0.2, -0.15) is 0 Å². The topological polar surface area (TPSA) is 45.0 Å². The average molecular weight is 978 g/mol. The Balaban J connectivity index is 0.941. The Morgan fingerprint density at radius 3 is 1.33 bits per heavy atom. The van der Waals surface area contributed by atoms with Crippen LogP contribution >= 0.6 is 0 Å². The van der Waals surface area contributed by atoms with Crippen LogP contribution in [0.1, 0.15) is 47.2 Å². The van der Waals surface area contributed by atoms with Crippen molar-refractivity contribution < 1.29 is 0 Å². The molecule has 76 heavy (non-hydrogen) atoms. The zero-order valence-corrected chi connectivity index (χ0v) is 42.1. The second kappa shape index (κ2) is 16.6. The fraction of sp³-hybridized carbons (Fsp3) is 0.0986. The number of allylic oxidation sites excluding steroid dienone is 8. The number of aromatic nitrogens is 1. The second-order valence-electron chi connectivity index (χ2n) is 21.1. The minimum absolute atomic E-state index is 0.100. The van der Waals surface area contributed by atoms with Crippen LogP contribution in [0.15, 0.2) is 270 Å². The number of hydrogen-bond acceptors (Lipinski definition) is 4. The summed E-state index contributed by atoms with van der Waals surface area (Å²) < 4.78 is 2.16. The van der Waals surface area contributed by atoms with E-state index < -0.39 is 10.8 Å². The molecule has 15 rings (SSSR count). The van der Waals surface area contributed by atoms with E-state index in [-0.39, 0.29) is 28.6 Å². The molecule has 0 bridgehead atoms. The lowest BCUT2D eigenvalue weighted by molar-refractivity contribution is 0.347. The molecule has 362 valence electrons. The first-order chi connectivity index (χ1) is 37.4. The molecule has 2 unspecified atom stereocenters. The molecule has 0 saturated carbocycles. The first-order valence-electron chi connectivity index (χ1n) is 26.5. The normalized spacial score (nSPS) is 18.7. The molecule has 0 N–H and O–H groups in total. The summed E-state index contributed by atoms with van der Waals surface area (Å²) in [6.07, 6.45) is 16.1. The maximum Gasteiger partial charge on any atom is 0.197 e. The number of rotatable bonds is 6. The Morgan fingerprint density at radius 2 is 0.855 bits per heavy atom. The molecule has 9 aromatic carbocycles. The number of nitrogens with zero attached hydrogens (tertiary/aromatic N) is 3. The van der Waals surface area contributed by atoms with Gasteiger partial charge in [-0.05, 0) is 124 Å². The molecule has 4 heterocycles. The Hall–Kier alpha value is -9.32. The number of fused-ring (bicyclic) bond motifs is 8. The van der Waals surface area contributed by atoms with E-state index in [1.807, 2.05) is 18.2 Å². The quantitative estimate of drug-likeness (QED) is 0.123. The highest BCUT2D eigenvalue weighted by Crippen LogP contribution is 2.62. The molecular formula is C71H51N3O2. The summed E-state index contributed by atoms with van der Waals surface area (Å²) >= 11 is 0. The lowest BCUT2D eigenvalue weighted by Gasteiger charge is -2.52. The fourth-order valence-electron chi connectivity index (χ4n) is 14.3. The van der Waals surface area contributed by atoms with Crippen molar-refractivity contribution in [1.82, 2.24) is 4.40 Å². The molecule has 2 aliphatic carbocycles. The summed E-state index contributed by atoms with van der Waals surface area (Å²) in [5, 5.41) is 2.19. The second-order valence-corrected chi connectivity index (χ2v) is 21.1. The van der Waals surface area contributed by atoms with E-state index in [0.717, 1.165) is 56.3 Å². The Morgan fingerprint density at radius 1 is 0.408 bits per heavy atom. The lowest BCUT2D eigenvalue weighted by atomic mass is 9.54. The van der Waals surface area contributed by atoms with E-state index in [0.29, 0.717) is 27.1 Å². The van der Waals surface area contributed by atoms with Crippen LogP contribution in [0, 0.1) is 17.8 Å². The van der Waals surface area contributed by atoms with Gasteiger partial charge in [0.1, 0.15) is 0 Å². The van der Waals surface area contributed by atoms with Crippen molar-refractivity contribution >= 4 is 72.2 Å². The molecule has 0 radical (unpaired) electrons. The molecule has 5 heteroatoms. The Labute approximate surface area is 440 Å². The van der Waals surface area contributed by atoms with Gasteiger partial charge in [0.15, 0.2) is 10.9 Å². The number of para-hydroxylation sites is 5. The SMILES string of the molecule is CC1C=CC=C1C1(C2C=CC=C[C@@H]2C)c2ccccc2N(c2ccc3c(c2)c(=O)c2cccc4c(=O)c5cc(N6c7ccccc7C(c7ccccc7)(c7ccccc7)c7ccccc76)ccc5n3c42)c2ccccc21. The number of hydrogen-bond donors (Lipinski definition) is 0.